The van der Waals surface area contributed by atoms with Crippen LogP contribution in [0.5, 0.6) is 11.5 Å². The zero-order chi connectivity index (χ0) is 24.1. The van der Waals surface area contributed by atoms with Crippen molar-refractivity contribution in [2.45, 2.75) is 56.7 Å². The molecule has 2 aliphatic heterocycles. The van der Waals surface area contributed by atoms with E-state index in [2.05, 4.69) is 17.1 Å². The zero-order valence-corrected chi connectivity index (χ0v) is 20.3. The fourth-order valence-corrected chi connectivity index (χ4v) is 6.36. The number of methoxy groups -OCH3 is 2. The lowest BCUT2D eigenvalue weighted by atomic mass is 9.85. The number of carbonyl (C=O) groups is 2. The number of aromatic amines is 1. The van der Waals surface area contributed by atoms with Crippen molar-refractivity contribution in [3.05, 3.63) is 59.3 Å². The van der Waals surface area contributed by atoms with E-state index >= 15 is 0 Å². The number of carbonyl (C=O) groups excluding carboxylic acids is 2. The molecule has 1 aromatic heterocycles. The van der Waals surface area contributed by atoms with Crippen molar-refractivity contribution in [1.29, 1.82) is 0 Å². The van der Waals surface area contributed by atoms with Crippen molar-refractivity contribution >= 4 is 22.7 Å². The summed E-state index contributed by atoms with van der Waals surface area (Å²) in [6, 6.07) is 13.2. The van der Waals surface area contributed by atoms with E-state index in [4.69, 9.17) is 9.47 Å². The van der Waals surface area contributed by atoms with E-state index in [1.807, 2.05) is 40.1 Å². The summed E-state index contributed by atoms with van der Waals surface area (Å²) in [4.78, 5) is 35.0. The first-order chi connectivity index (χ1) is 17.1. The number of piperazine rings is 1. The van der Waals surface area contributed by atoms with Gasteiger partial charge >= 0.3 is 0 Å². The minimum atomic E-state index is -0.511. The molecule has 2 fully saturated rings. The second kappa shape index (κ2) is 8.63. The van der Waals surface area contributed by atoms with Gasteiger partial charge in [0, 0.05) is 29.1 Å². The van der Waals surface area contributed by atoms with Gasteiger partial charge in [-0.15, -0.1) is 0 Å². The number of fused-ring (bicyclic) bond motifs is 4. The van der Waals surface area contributed by atoms with Gasteiger partial charge in [0.1, 0.15) is 12.6 Å². The summed E-state index contributed by atoms with van der Waals surface area (Å²) in [5, 5.41) is 1.11. The number of hydrogen-bond acceptors (Lipinski definition) is 4. The highest BCUT2D eigenvalue weighted by Gasteiger charge is 2.49. The van der Waals surface area contributed by atoms with Gasteiger partial charge < -0.3 is 24.3 Å². The van der Waals surface area contributed by atoms with Crippen molar-refractivity contribution in [1.82, 2.24) is 14.8 Å². The van der Waals surface area contributed by atoms with Crippen LogP contribution in [-0.2, 0) is 16.0 Å². The lowest BCUT2D eigenvalue weighted by Gasteiger charge is -2.49. The molecule has 1 N–H and O–H groups in total. The highest BCUT2D eigenvalue weighted by molar-refractivity contribution is 5.98. The number of nitrogens with zero attached hydrogens (tertiary/aromatic N) is 2. The molecule has 2 aromatic carbocycles. The first-order valence-corrected chi connectivity index (χ1v) is 12.5. The Hall–Kier alpha value is -3.48. The van der Waals surface area contributed by atoms with E-state index in [1.165, 1.54) is 6.42 Å². The second-order valence-electron chi connectivity index (χ2n) is 9.86. The lowest BCUT2D eigenvalue weighted by molar-refractivity contribution is -0.161. The third-order valence-electron chi connectivity index (χ3n) is 8.03. The first-order valence-electron chi connectivity index (χ1n) is 12.5. The Kier molecular flexibility index (Phi) is 5.43. The molecule has 1 unspecified atom stereocenters. The van der Waals surface area contributed by atoms with Crippen molar-refractivity contribution in [3.8, 4) is 11.5 Å². The largest absolute Gasteiger partial charge is 0.493 e. The molecule has 0 bridgehead atoms. The van der Waals surface area contributed by atoms with Crippen molar-refractivity contribution in [2.75, 3.05) is 20.8 Å². The van der Waals surface area contributed by atoms with Crippen LogP contribution >= 0.6 is 0 Å². The monoisotopic (exact) mass is 473 g/mol. The second-order valence-corrected chi connectivity index (χ2v) is 9.86. The third-order valence-corrected chi connectivity index (χ3v) is 8.03. The Balaban J connectivity index is 1.49. The standard InChI is InChI=1S/C28H31N3O4/c1-34-23-13-12-17(14-24(23)35-2)27-26-20(19-10-6-7-11-21(19)29-26)15-22-28(33)30(16-25(32)31(22)27)18-8-4-3-5-9-18/h6-7,10-14,18,22,27,29H,3-5,8-9,15-16H2,1-2H3/t22-,27?/m0/s1. The highest BCUT2D eigenvalue weighted by Crippen LogP contribution is 2.44. The molecule has 6 rings (SSSR count). The van der Waals surface area contributed by atoms with Crippen LogP contribution < -0.4 is 9.47 Å². The van der Waals surface area contributed by atoms with Crippen LogP contribution in [0.2, 0.25) is 0 Å². The number of nitrogens with one attached hydrogen (secondary N) is 1. The van der Waals surface area contributed by atoms with E-state index in [9.17, 15) is 9.59 Å². The fraction of sp³-hybridized carbons (Fsp3) is 0.429. The van der Waals surface area contributed by atoms with Gasteiger partial charge in [-0.25, -0.2) is 0 Å². The third kappa shape index (κ3) is 3.48. The molecule has 182 valence electrons. The molecule has 7 heteroatoms. The van der Waals surface area contributed by atoms with Gasteiger partial charge in [0.05, 0.1) is 20.3 Å². The van der Waals surface area contributed by atoms with E-state index in [0.717, 1.165) is 53.4 Å². The summed E-state index contributed by atoms with van der Waals surface area (Å²) in [5.74, 6) is 1.32. The summed E-state index contributed by atoms with van der Waals surface area (Å²) in [5.41, 5.74) is 4.01. The van der Waals surface area contributed by atoms with E-state index in [0.29, 0.717) is 17.9 Å². The maximum absolute atomic E-state index is 13.9. The summed E-state index contributed by atoms with van der Waals surface area (Å²) in [6.07, 6.45) is 5.96. The maximum atomic E-state index is 13.9. The predicted octanol–water partition coefficient (Wildman–Crippen LogP) is 4.20. The Morgan fingerprint density at radius 2 is 1.71 bits per heavy atom. The minimum Gasteiger partial charge on any atom is -0.493 e. The van der Waals surface area contributed by atoms with Gasteiger partial charge in [-0.3, -0.25) is 9.59 Å². The molecule has 0 spiro atoms. The molecular weight excluding hydrogens is 442 g/mol. The van der Waals surface area contributed by atoms with Crippen LogP contribution in [0, 0.1) is 0 Å². The molecule has 1 aliphatic carbocycles. The maximum Gasteiger partial charge on any atom is 0.246 e. The number of hydrogen-bond donors (Lipinski definition) is 1. The van der Waals surface area contributed by atoms with E-state index < -0.39 is 12.1 Å². The summed E-state index contributed by atoms with van der Waals surface area (Å²) < 4.78 is 11.0. The van der Waals surface area contributed by atoms with Gasteiger partial charge in [0.2, 0.25) is 11.8 Å². The Labute approximate surface area is 205 Å². The average molecular weight is 474 g/mol. The first kappa shape index (κ1) is 22.0. The molecular formula is C28H31N3O4. The molecule has 0 radical (unpaired) electrons. The predicted molar refractivity (Wildman–Crippen MR) is 133 cm³/mol. The van der Waals surface area contributed by atoms with Crippen molar-refractivity contribution < 1.29 is 19.1 Å². The van der Waals surface area contributed by atoms with Gasteiger partial charge in [-0.1, -0.05) is 43.5 Å². The molecule has 1 saturated carbocycles. The number of aromatic nitrogens is 1. The lowest BCUT2D eigenvalue weighted by Crippen LogP contribution is -2.65. The topological polar surface area (TPSA) is 74.9 Å². The molecule has 2 atom stereocenters. The average Bonchev–Trinajstić information content (AvgIpc) is 3.28. The Morgan fingerprint density at radius 1 is 0.943 bits per heavy atom. The number of ether oxygens (including phenoxy) is 2. The van der Waals surface area contributed by atoms with E-state index in [-0.39, 0.29) is 24.4 Å². The summed E-state index contributed by atoms with van der Waals surface area (Å²) >= 11 is 0. The van der Waals surface area contributed by atoms with Gasteiger partial charge in [0.15, 0.2) is 11.5 Å². The Bertz CT molecular complexity index is 1290. The highest BCUT2D eigenvalue weighted by atomic mass is 16.5. The number of para-hydroxylation sites is 1. The fourth-order valence-electron chi connectivity index (χ4n) is 6.36. The van der Waals surface area contributed by atoms with Crippen LogP contribution in [0.1, 0.15) is 55.0 Å². The molecule has 3 aromatic rings. The van der Waals surface area contributed by atoms with Crippen molar-refractivity contribution in [2.24, 2.45) is 0 Å². The van der Waals surface area contributed by atoms with Crippen LogP contribution in [-0.4, -0.2) is 59.4 Å². The number of benzene rings is 2. The SMILES string of the molecule is COc1ccc(C2c3[nH]c4ccccc4c3C[C@H]3C(=O)N(C4CCCCC4)CC(=O)N23)cc1OC. The molecule has 2 amide bonds. The minimum absolute atomic E-state index is 0.00395. The molecule has 3 heterocycles. The van der Waals surface area contributed by atoms with Gasteiger partial charge in [-0.05, 0) is 42.2 Å². The van der Waals surface area contributed by atoms with Gasteiger partial charge in [-0.2, -0.15) is 0 Å². The van der Waals surface area contributed by atoms with E-state index in [1.54, 1.807) is 14.2 Å². The van der Waals surface area contributed by atoms with Crippen molar-refractivity contribution in [3.63, 3.8) is 0 Å². The van der Waals surface area contributed by atoms with Crippen LogP contribution in [0.4, 0.5) is 0 Å². The molecule has 7 nitrogen and oxygen atoms in total. The van der Waals surface area contributed by atoms with Crippen LogP contribution in [0.3, 0.4) is 0 Å². The number of rotatable bonds is 4. The number of amides is 2. The molecule has 1 saturated heterocycles. The number of H-pyrrole nitrogens is 1. The normalized spacial score (nSPS) is 22.8. The zero-order valence-electron chi connectivity index (χ0n) is 20.3. The Morgan fingerprint density at radius 3 is 2.49 bits per heavy atom. The summed E-state index contributed by atoms with van der Waals surface area (Å²) in [7, 11) is 3.22. The van der Waals surface area contributed by atoms with Gasteiger partial charge in [0.25, 0.3) is 0 Å². The molecule has 35 heavy (non-hydrogen) atoms. The quantitative estimate of drug-likeness (QED) is 0.616. The van der Waals surface area contributed by atoms with Crippen LogP contribution in [0.25, 0.3) is 10.9 Å². The summed E-state index contributed by atoms with van der Waals surface area (Å²) in [6.45, 7) is 0.152. The smallest absolute Gasteiger partial charge is 0.246 e. The molecule has 3 aliphatic rings. The van der Waals surface area contributed by atoms with Crippen LogP contribution in [0.15, 0.2) is 42.5 Å².